The Balaban J connectivity index is 1.84. The highest BCUT2D eigenvalue weighted by Gasteiger charge is 2.10. The zero-order valence-corrected chi connectivity index (χ0v) is 12.5. The second-order valence-corrected chi connectivity index (χ2v) is 4.88. The molecule has 0 fully saturated rings. The third-order valence-electron chi connectivity index (χ3n) is 2.97. The minimum absolute atomic E-state index is 0.0266. The molecule has 7 heteroatoms. The van der Waals surface area contributed by atoms with Crippen molar-refractivity contribution in [1.82, 2.24) is 20.3 Å². The lowest BCUT2D eigenvalue weighted by molar-refractivity contribution is 0.0835. The fraction of sp³-hybridized carbons (Fsp3) is 0.400. The van der Waals surface area contributed by atoms with Gasteiger partial charge in [0.2, 0.25) is 0 Å². The maximum atomic E-state index is 11.9. The van der Waals surface area contributed by atoms with Crippen LogP contribution in [0.4, 0.5) is 0 Å². The Bertz CT molecular complexity index is 612. The van der Waals surface area contributed by atoms with Gasteiger partial charge in [-0.25, -0.2) is 4.68 Å². The van der Waals surface area contributed by atoms with Gasteiger partial charge in [-0.1, -0.05) is 35.0 Å². The molecule has 1 heterocycles. The number of aryl methyl sites for hydroxylation is 1. The summed E-state index contributed by atoms with van der Waals surface area (Å²) in [6.45, 7) is 3.56. The van der Waals surface area contributed by atoms with Crippen molar-refractivity contribution >= 4 is 5.91 Å². The topological polar surface area (TPSA) is 89.3 Å². The smallest absolute Gasteiger partial charge is 0.273 e. The molecule has 118 valence electrons. The van der Waals surface area contributed by atoms with Gasteiger partial charge in [-0.15, -0.1) is 5.10 Å². The Morgan fingerprint density at radius 1 is 1.41 bits per heavy atom. The molecule has 0 saturated carbocycles. The van der Waals surface area contributed by atoms with Crippen molar-refractivity contribution < 1.29 is 14.6 Å². The van der Waals surface area contributed by atoms with Crippen molar-refractivity contribution in [3.63, 3.8) is 0 Å². The Morgan fingerprint density at radius 3 is 3.05 bits per heavy atom. The summed E-state index contributed by atoms with van der Waals surface area (Å²) in [6, 6.07) is 8.09. The van der Waals surface area contributed by atoms with Crippen LogP contribution in [0.5, 0.6) is 0 Å². The molecule has 22 heavy (non-hydrogen) atoms. The molecule has 1 aromatic carbocycles. The highest BCUT2D eigenvalue weighted by atomic mass is 16.5. The fourth-order valence-electron chi connectivity index (χ4n) is 1.97. The number of aliphatic hydroxyl groups excluding tert-OH is 1. The van der Waals surface area contributed by atoms with Gasteiger partial charge in [0.15, 0.2) is 5.69 Å². The van der Waals surface area contributed by atoms with Crippen molar-refractivity contribution in [2.24, 2.45) is 0 Å². The van der Waals surface area contributed by atoms with Crippen LogP contribution in [-0.2, 0) is 11.3 Å². The summed E-state index contributed by atoms with van der Waals surface area (Å²) in [5.74, 6) is -0.289. The molecule has 0 aliphatic rings. The molecular weight excluding hydrogens is 284 g/mol. The second-order valence-electron chi connectivity index (χ2n) is 4.88. The number of nitrogens with one attached hydrogen (secondary N) is 1. The van der Waals surface area contributed by atoms with Gasteiger partial charge in [0.25, 0.3) is 5.91 Å². The molecule has 0 aliphatic heterocycles. The average molecular weight is 304 g/mol. The molecule has 2 aromatic rings. The lowest BCUT2D eigenvalue weighted by Gasteiger charge is -2.03. The van der Waals surface area contributed by atoms with Crippen molar-refractivity contribution in [3.05, 3.63) is 47.3 Å². The highest BCUT2D eigenvalue weighted by Crippen LogP contribution is 2.06. The first kappa shape index (κ1) is 16.1. The molecule has 1 aromatic heterocycles. The number of ether oxygens (including phenoxy) is 1. The van der Waals surface area contributed by atoms with Crippen LogP contribution in [0.3, 0.4) is 0 Å². The number of carbonyl (C=O) groups excluding carboxylic acids is 1. The van der Waals surface area contributed by atoms with Crippen LogP contribution in [0.2, 0.25) is 0 Å². The van der Waals surface area contributed by atoms with Crippen molar-refractivity contribution in [3.8, 4) is 0 Å². The molecule has 1 amide bonds. The van der Waals surface area contributed by atoms with Gasteiger partial charge < -0.3 is 15.2 Å². The first-order valence-electron chi connectivity index (χ1n) is 7.11. The summed E-state index contributed by atoms with van der Waals surface area (Å²) < 4.78 is 6.69. The van der Waals surface area contributed by atoms with E-state index in [1.807, 2.05) is 25.1 Å². The Morgan fingerprint density at radius 2 is 2.27 bits per heavy atom. The number of nitrogens with zero attached hydrogens (tertiary/aromatic N) is 3. The number of hydrogen-bond donors (Lipinski definition) is 2. The number of aromatic nitrogens is 3. The quantitative estimate of drug-likeness (QED) is 0.688. The summed E-state index contributed by atoms with van der Waals surface area (Å²) in [5, 5.41) is 19.1. The van der Waals surface area contributed by atoms with Crippen molar-refractivity contribution in [2.75, 3.05) is 26.4 Å². The number of carbonyl (C=O) groups is 1. The number of hydrogen-bond acceptors (Lipinski definition) is 5. The molecule has 0 aliphatic carbocycles. The van der Waals surface area contributed by atoms with E-state index in [-0.39, 0.29) is 24.8 Å². The van der Waals surface area contributed by atoms with Crippen LogP contribution in [0.25, 0.3) is 0 Å². The Labute approximate surface area is 128 Å². The first-order valence-corrected chi connectivity index (χ1v) is 7.11. The van der Waals surface area contributed by atoms with Gasteiger partial charge in [-0.3, -0.25) is 4.79 Å². The fourth-order valence-corrected chi connectivity index (χ4v) is 1.97. The predicted octanol–water partition coefficient (Wildman–Crippen LogP) is 0.374. The van der Waals surface area contributed by atoms with Gasteiger partial charge in [-0.2, -0.15) is 0 Å². The minimum Gasteiger partial charge on any atom is -0.394 e. The van der Waals surface area contributed by atoms with E-state index in [1.165, 1.54) is 5.56 Å². The Hall–Kier alpha value is -2.25. The van der Waals surface area contributed by atoms with Crippen LogP contribution in [0.1, 0.15) is 21.6 Å². The van der Waals surface area contributed by atoms with E-state index in [1.54, 1.807) is 10.9 Å². The normalized spacial score (nSPS) is 10.6. The van der Waals surface area contributed by atoms with E-state index in [0.717, 1.165) is 5.56 Å². The molecule has 0 atom stereocenters. The molecule has 0 saturated heterocycles. The van der Waals surface area contributed by atoms with Gasteiger partial charge >= 0.3 is 0 Å². The van der Waals surface area contributed by atoms with Crippen LogP contribution in [-0.4, -0.2) is 52.4 Å². The molecule has 0 spiro atoms. The predicted molar refractivity (Wildman–Crippen MR) is 80.5 cm³/mol. The van der Waals surface area contributed by atoms with Crippen LogP contribution >= 0.6 is 0 Å². The molecule has 2 N–H and O–H groups in total. The standard InChI is InChI=1S/C15H20N4O3/c1-12-3-2-4-13(9-12)10-19-11-14(17-18-19)15(21)16-5-7-22-8-6-20/h2-4,9,11,20H,5-8,10H2,1H3,(H,16,21). The maximum Gasteiger partial charge on any atom is 0.273 e. The van der Waals surface area contributed by atoms with E-state index in [4.69, 9.17) is 9.84 Å². The first-order chi connectivity index (χ1) is 10.7. The van der Waals surface area contributed by atoms with Crippen molar-refractivity contribution in [1.29, 1.82) is 0 Å². The van der Waals surface area contributed by atoms with Crippen LogP contribution in [0, 0.1) is 6.92 Å². The molecule has 0 radical (unpaired) electrons. The maximum absolute atomic E-state index is 11.9. The van der Waals surface area contributed by atoms with Crippen LogP contribution < -0.4 is 5.32 Å². The third-order valence-corrected chi connectivity index (χ3v) is 2.97. The van der Waals surface area contributed by atoms with Gasteiger partial charge in [0.1, 0.15) is 0 Å². The summed E-state index contributed by atoms with van der Waals surface area (Å²) in [7, 11) is 0. The van der Waals surface area contributed by atoms with Gasteiger partial charge in [-0.05, 0) is 12.5 Å². The summed E-state index contributed by atoms with van der Waals surface area (Å²) in [4.78, 5) is 11.9. The molecule has 0 bridgehead atoms. The largest absolute Gasteiger partial charge is 0.394 e. The zero-order valence-electron chi connectivity index (χ0n) is 12.5. The average Bonchev–Trinajstić information content (AvgIpc) is 2.95. The zero-order chi connectivity index (χ0) is 15.8. The minimum atomic E-state index is -0.289. The molecular formula is C15H20N4O3. The lowest BCUT2D eigenvalue weighted by atomic mass is 10.1. The van der Waals surface area contributed by atoms with E-state index in [9.17, 15) is 4.79 Å². The van der Waals surface area contributed by atoms with Crippen molar-refractivity contribution in [2.45, 2.75) is 13.5 Å². The Kier molecular flexibility index (Phi) is 6.05. The number of amides is 1. The highest BCUT2D eigenvalue weighted by molar-refractivity contribution is 5.91. The SMILES string of the molecule is Cc1cccc(Cn2cc(C(=O)NCCOCCO)nn2)c1. The van der Waals surface area contributed by atoms with E-state index in [2.05, 4.69) is 21.7 Å². The van der Waals surface area contributed by atoms with Gasteiger partial charge in [0.05, 0.1) is 32.6 Å². The van der Waals surface area contributed by atoms with Gasteiger partial charge in [0, 0.05) is 6.54 Å². The number of aliphatic hydroxyl groups is 1. The lowest BCUT2D eigenvalue weighted by Crippen LogP contribution is -2.27. The summed E-state index contributed by atoms with van der Waals surface area (Å²) in [5.41, 5.74) is 2.56. The summed E-state index contributed by atoms with van der Waals surface area (Å²) in [6.07, 6.45) is 1.62. The number of benzene rings is 1. The molecule has 7 nitrogen and oxygen atoms in total. The van der Waals surface area contributed by atoms with Crippen LogP contribution in [0.15, 0.2) is 30.5 Å². The van der Waals surface area contributed by atoms with E-state index >= 15 is 0 Å². The number of rotatable bonds is 8. The summed E-state index contributed by atoms with van der Waals surface area (Å²) >= 11 is 0. The molecule has 2 rings (SSSR count). The second kappa shape index (κ2) is 8.26. The van der Waals surface area contributed by atoms with E-state index < -0.39 is 0 Å². The third kappa shape index (κ3) is 4.94. The van der Waals surface area contributed by atoms with E-state index in [0.29, 0.717) is 19.7 Å². The molecule has 0 unspecified atom stereocenters. The monoisotopic (exact) mass is 304 g/mol.